The Morgan fingerprint density at radius 1 is 1.00 bits per heavy atom. The summed E-state index contributed by atoms with van der Waals surface area (Å²) in [7, 11) is 0. The lowest BCUT2D eigenvalue weighted by Crippen LogP contribution is -2.02. The van der Waals surface area contributed by atoms with Gasteiger partial charge < -0.3 is 5.73 Å². The maximum atomic E-state index is 11.6. The first kappa shape index (κ1) is 13.1. The van der Waals surface area contributed by atoms with Gasteiger partial charge in [0.05, 0.1) is 0 Å². The van der Waals surface area contributed by atoms with Crippen LogP contribution in [0.1, 0.15) is 12.5 Å². The van der Waals surface area contributed by atoms with Crippen LogP contribution in [0.4, 0.5) is 0 Å². The third-order valence-corrected chi connectivity index (χ3v) is 2.83. The summed E-state index contributed by atoms with van der Waals surface area (Å²) in [6.45, 7) is 1.72. The predicted molar refractivity (Wildman–Crippen MR) is 78.5 cm³/mol. The van der Waals surface area contributed by atoms with Crippen LogP contribution < -0.4 is 5.73 Å². The van der Waals surface area contributed by atoms with E-state index in [2.05, 4.69) is 12.1 Å². The Hall–Kier alpha value is -2.35. The van der Waals surface area contributed by atoms with E-state index >= 15 is 0 Å². The minimum absolute atomic E-state index is 0.0347. The highest BCUT2D eigenvalue weighted by Crippen LogP contribution is 2.19. The second-order valence-corrected chi connectivity index (χ2v) is 4.59. The number of benzene rings is 2. The molecule has 2 heteroatoms. The quantitative estimate of drug-likeness (QED) is 0.847. The molecule has 0 atom stereocenters. The maximum Gasteiger partial charge on any atom is 0.161 e. The molecule has 2 aromatic rings. The van der Waals surface area contributed by atoms with Gasteiger partial charge in [-0.3, -0.25) is 4.79 Å². The Morgan fingerprint density at radius 3 is 2.16 bits per heavy atom. The summed E-state index contributed by atoms with van der Waals surface area (Å²) in [5, 5.41) is 0. The Labute approximate surface area is 113 Å². The molecule has 0 saturated heterocycles. The van der Waals surface area contributed by atoms with Crippen molar-refractivity contribution in [2.45, 2.75) is 13.3 Å². The van der Waals surface area contributed by atoms with Crippen molar-refractivity contribution < 1.29 is 4.79 Å². The van der Waals surface area contributed by atoms with Crippen LogP contribution in [0.25, 0.3) is 11.1 Å². The molecule has 0 radical (unpaired) electrons. The topological polar surface area (TPSA) is 43.1 Å². The molecule has 0 fully saturated rings. The normalized spacial score (nSPS) is 11.3. The molecule has 96 valence electrons. The van der Waals surface area contributed by atoms with Crippen LogP contribution in [0.3, 0.4) is 0 Å². The fourth-order valence-corrected chi connectivity index (χ4v) is 1.95. The van der Waals surface area contributed by atoms with Crippen LogP contribution in [0.15, 0.2) is 66.4 Å². The zero-order valence-corrected chi connectivity index (χ0v) is 11.0. The average molecular weight is 251 g/mol. The Bertz CT molecular complexity index is 578. The van der Waals surface area contributed by atoms with Gasteiger partial charge in [-0.1, -0.05) is 54.6 Å². The third-order valence-electron chi connectivity index (χ3n) is 2.83. The van der Waals surface area contributed by atoms with Gasteiger partial charge in [0.25, 0.3) is 0 Å². The van der Waals surface area contributed by atoms with Crippen molar-refractivity contribution in [3.63, 3.8) is 0 Å². The Morgan fingerprint density at radius 2 is 1.58 bits per heavy atom. The van der Waals surface area contributed by atoms with Crippen molar-refractivity contribution in [1.29, 1.82) is 0 Å². The van der Waals surface area contributed by atoms with Gasteiger partial charge in [-0.15, -0.1) is 0 Å². The van der Waals surface area contributed by atoms with Crippen molar-refractivity contribution in [3.05, 3.63) is 71.9 Å². The van der Waals surface area contributed by atoms with E-state index in [4.69, 9.17) is 5.73 Å². The zero-order chi connectivity index (χ0) is 13.7. The van der Waals surface area contributed by atoms with Crippen molar-refractivity contribution in [1.82, 2.24) is 0 Å². The van der Waals surface area contributed by atoms with Crippen molar-refractivity contribution in [2.75, 3.05) is 0 Å². The first-order valence-corrected chi connectivity index (χ1v) is 6.26. The molecule has 0 spiro atoms. The molecule has 0 saturated carbocycles. The number of hydrogen-bond acceptors (Lipinski definition) is 2. The van der Waals surface area contributed by atoms with Crippen molar-refractivity contribution in [3.8, 4) is 11.1 Å². The number of carbonyl (C=O) groups is 1. The molecule has 2 nitrogen and oxygen atoms in total. The monoisotopic (exact) mass is 251 g/mol. The Balaban J connectivity index is 2.11. The highest BCUT2D eigenvalue weighted by molar-refractivity contribution is 5.91. The van der Waals surface area contributed by atoms with E-state index in [0.717, 1.165) is 11.1 Å². The highest BCUT2D eigenvalue weighted by atomic mass is 16.1. The fourth-order valence-electron chi connectivity index (χ4n) is 1.95. The van der Waals surface area contributed by atoms with E-state index in [1.54, 1.807) is 6.92 Å². The number of carbonyl (C=O) groups excluding carboxylic acids is 1. The number of rotatable bonds is 4. The first-order valence-electron chi connectivity index (χ1n) is 6.26. The van der Waals surface area contributed by atoms with Gasteiger partial charge >= 0.3 is 0 Å². The summed E-state index contributed by atoms with van der Waals surface area (Å²) in [4.78, 5) is 11.6. The molecule has 0 bridgehead atoms. The summed E-state index contributed by atoms with van der Waals surface area (Å²) in [5.41, 5.74) is 9.37. The van der Waals surface area contributed by atoms with Crippen LogP contribution in [-0.4, -0.2) is 5.78 Å². The van der Waals surface area contributed by atoms with Crippen LogP contribution in [0, 0.1) is 0 Å². The van der Waals surface area contributed by atoms with Gasteiger partial charge in [0.1, 0.15) is 0 Å². The van der Waals surface area contributed by atoms with E-state index in [9.17, 15) is 4.79 Å². The Kier molecular flexibility index (Phi) is 4.14. The zero-order valence-electron chi connectivity index (χ0n) is 11.0. The van der Waals surface area contributed by atoms with Crippen molar-refractivity contribution in [2.24, 2.45) is 5.73 Å². The number of nitrogens with two attached hydrogens (primary N) is 1. The van der Waals surface area contributed by atoms with E-state index in [-0.39, 0.29) is 5.78 Å². The molecule has 0 aliphatic rings. The molecule has 0 aliphatic heterocycles. The molecule has 2 rings (SSSR count). The second-order valence-electron chi connectivity index (χ2n) is 4.59. The van der Waals surface area contributed by atoms with Crippen LogP contribution in [0.5, 0.6) is 0 Å². The lowest BCUT2D eigenvalue weighted by molar-refractivity contribution is -0.114. The summed E-state index contributed by atoms with van der Waals surface area (Å²) >= 11 is 0. The molecule has 19 heavy (non-hydrogen) atoms. The average Bonchev–Trinajstić information content (AvgIpc) is 2.39. The van der Waals surface area contributed by atoms with Gasteiger partial charge in [0, 0.05) is 12.1 Å². The summed E-state index contributed by atoms with van der Waals surface area (Å²) in [5.74, 6) is 0.0347. The molecule has 0 aliphatic carbocycles. The standard InChI is InChI=1S/C17H17NO/c1-13(18)11-17(19)12-14-7-9-16(10-8-14)15-5-3-2-4-6-15/h2-11H,12,18H2,1H3/b13-11-. The van der Waals surface area contributed by atoms with Crippen LogP contribution >= 0.6 is 0 Å². The highest BCUT2D eigenvalue weighted by Gasteiger charge is 2.02. The largest absolute Gasteiger partial charge is 0.402 e. The number of hydrogen-bond donors (Lipinski definition) is 1. The lowest BCUT2D eigenvalue weighted by atomic mass is 10.0. The molecule has 0 unspecified atom stereocenters. The molecular formula is C17H17NO. The summed E-state index contributed by atoms with van der Waals surface area (Å²) in [6, 6.07) is 18.2. The minimum Gasteiger partial charge on any atom is -0.402 e. The maximum absolute atomic E-state index is 11.6. The SMILES string of the molecule is C/C(N)=C/C(=O)Cc1ccc(-c2ccccc2)cc1. The third kappa shape index (κ3) is 3.81. The van der Waals surface area contributed by atoms with Gasteiger partial charge in [0.15, 0.2) is 5.78 Å². The van der Waals surface area contributed by atoms with E-state index < -0.39 is 0 Å². The molecular weight excluding hydrogens is 234 g/mol. The molecule has 0 aromatic heterocycles. The second kappa shape index (κ2) is 6.01. The fraction of sp³-hybridized carbons (Fsp3) is 0.118. The molecule has 0 heterocycles. The number of ketones is 1. The minimum atomic E-state index is 0.0347. The lowest BCUT2D eigenvalue weighted by Gasteiger charge is -2.03. The van der Waals surface area contributed by atoms with Crippen LogP contribution in [0.2, 0.25) is 0 Å². The van der Waals surface area contributed by atoms with E-state index in [1.807, 2.05) is 42.5 Å². The van der Waals surface area contributed by atoms with Gasteiger partial charge in [-0.25, -0.2) is 0 Å². The molecule has 2 aromatic carbocycles. The predicted octanol–water partition coefficient (Wildman–Crippen LogP) is 3.33. The smallest absolute Gasteiger partial charge is 0.161 e. The summed E-state index contributed by atoms with van der Waals surface area (Å²) in [6.07, 6.45) is 1.87. The van der Waals surface area contributed by atoms with Crippen LogP contribution in [-0.2, 0) is 11.2 Å². The molecule has 0 amide bonds. The van der Waals surface area contributed by atoms with E-state index in [0.29, 0.717) is 12.1 Å². The first-order chi connectivity index (χ1) is 9.15. The number of allylic oxidation sites excluding steroid dienone is 2. The van der Waals surface area contributed by atoms with Gasteiger partial charge in [-0.2, -0.15) is 0 Å². The van der Waals surface area contributed by atoms with Crippen molar-refractivity contribution >= 4 is 5.78 Å². The van der Waals surface area contributed by atoms with Gasteiger partial charge in [0.2, 0.25) is 0 Å². The van der Waals surface area contributed by atoms with Gasteiger partial charge in [-0.05, 0) is 29.7 Å². The molecule has 2 N–H and O–H groups in total. The van der Waals surface area contributed by atoms with E-state index in [1.165, 1.54) is 11.6 Å². The summed E-state index contributed by atoms with van der Waals surface area (Å²) < 4.78 is 0.